The number of carbonyl (C=O) groups excluding carboxylic acids is 1. The van der Waals surface area contributed by atoms with Crippen LogP contribution in [0.2, 0.25) is 0 Å². The summed E-state index contributed by atoms with van der Waals surface area (Å²) in [6, 6.07) is 18.6. The molecule has 4 N–H and O–H groups in total. The van der Waals surface area contributed by atoms with Gasteiger partial charge in [-0.1, -0.05) is 74.9 Å². The van der Waals surface area contributed by atoms with E-state index in [1.807, 2.05) is 62.5 Å². The predicted molar refractivity (Wildman–Crippen MR) is 139 cm³/mol. The van der Waals surface area contributed by atoms with Crippen LogP contribution in [-0.2, 0) is 21.2 Å². The molecule has 0 fully saturated rings. The minimum absolute atomic E-state index is 0.134. The molecule has 35 heavy (non-hydrogen) atoms. The lowest BCUT2D eigenvalue weighted by molar-refractivity contribution is -0.124. The second kappa shape index (κ2) is 10.6. The Bertz CT molecular complexity index is 1430. The van der Waals surface area contributed by atoms with Crippen molar-refractivity contribution in [1.82, 2.24) is 15.0 Å². The largest absolute Gasteiger partial charge is 0.394 e. The standard InChI is InChI=1S/C27H31N3O4S/c1-3-18(2)26(30-35(33,34)25-14-8-10-19-9-4-5-12-23(19)25)27(32)29-21(17-31)15-20-16-28-24-13-7-6-11-22(20)24/h4-14,16,18,21,26,28,30-31H,3,15,17H2,1-2H3,(H,29,32)/t18?,21-,26-/m0/s1. The van der Waals surface area contributed by atoms with Gasteiger partial charge in [0.15, 0.2) is 0 Å². The number of nitrogens with one attached hydrogen (secondary N) is 3. The molecule has 0 saturated heterocycles. The number of aromatic nitrogens is 1. The van der Waals surface area contributed by atoms with Crippen LogP contribution in [-0.4, -0.2) is 43.1 Å². The molecule has 4 aromatic rings. The molecule has 7 nitrogen and oxygen atoms in total. The molecule has 1 aromatic heterocycles. The van der Waals surface area contributed by atoms with Crippen molar-refractivity contribution in [3.63, 3.8) is 0 Å². The first-order valence-electron chi connectivity index (χ1n) is 11.8. The van der Waals surface area contributed by atoms with E-state index >= 15 is 0 Å². The van der Waals surface area contributed by atoms with Crippen molar-refractivity contribution in [2.45, 2.75) is 43.7 Å². The number of carbonyl (C=O) groups is 1. The van der Waals surface area contributed by atoms with Crippen molar-refractivity contribution in [1.29, 1.82) is 0 Å². The highest BCUT2D eigenvalue weighted by atomic mass is 32.2. The number of benzene rings is 3. The van der Waals surface area contributed by atoms with E-state index in [0.717, 1.165) is 21.9 Å². The third-order valence-electron chi connectivity index (χ3n) is 6.52. The average Bonchev–Trinajstić information content (AvgIpc) is 3.28. The Kier molecular flexibility index (Phi) is 7.54. The number of hydrogen-bond donors (Lipinski definition) is 4. The Balaban J connectivity index is 1.56. The van der Waals surface area contributed by atoms with Crippen LogP contribution < -0.4 is 10.0 Å². The minimum atomic E-state index is -3.99. The van der Waals surface area contributed by atoms with Crippen molar-refractivity contribution in [2.75, 3.05) is 6.61 Å². The second-order valence-corrected chi connectivity index (χ2v) is 10.6. The molecule has 184 valence electrons. The summed E-state index contributed by atoms with van der Waals surface area (Å²) in [6.45, 7) is 3.48. The van der Waals surface area contributed by atoms with Gasteiger partial charge in [-0.3, -0.25) is 4.79 Å². The Morgan fingerprint density at radius 1 is 1.00 bits per heavy atom. The van der Waals surface area contributed by atoms with Crippen molar-refractivity contribution in [2.24, 2.45) is 5.92 Å². The highest BCUT2D eigenvalue weighted by Gasteiger charge is 2.31. The zero-order chi connectivity index (χ0) is 25.0. The van der Waals surface area contributed by atoms with E-state index in [1.54, 1.807) is 24.3 Å². The zero-order valence-electron chi connectivity index (χ0n) is 19.9. The number of rotatable bonds is 10. The van der Waals surface area contributed by atoms with Crippen molar-refractivity contribution < 1.29 is 18.3 Å². The van der Waals surface area contributed by atoms with E-state index in [4.69, 9.17) is 0 Å². The third-order valence-corrected chi connectivity index (χ3v) is 8.02. The maximum absolute atomic E-state index is 13.4. The summed E-state index contributed by atoms with van der Waals surface area (Å²) in [5, 5.41) is 15.3. The molecule has 1 amide bonds. The number of fused-ring (bicyclic) bond motifs is 2. The topological polar surface area (TPSA) is 111 Å². The van der Waals surface area contributed by atoms with Gasteiger partial charge in [-0.15, -0.1) is 0 Å². The Morgan fingerprint density at radius 2 is 1.69 bits per heavy atom. The molecule has 1 heterocycles. The SMILES string of the molecule is CCC(C)[C@H](NS(=O)(=O)c1cccc2ccccc12)C(=O)N[C@H](CO)Cc1c[nH]c2ccccc12. The fourth-order valence-electron chi connectivity index (χ4n) is 4.34. The van der Waals surface area contributed by atoms with Gasteiger partial charge in [-0.2, -0.15) is 4.72 Å². The number of para-hydroxylation sites is 1. The molecule has 1 unspecified atom stereocenters. The van der Waals surface area contributed by atoms with Crippen LogP contribution in [0.4, 0.5) is 0 Å². The summed E-state index contributed by atoms with van der Waals surface area (Å²) in [7, 11) is -3.99. The molecular weight excluding hydrogens is 462 g/mol. The smallest absolute Gasteiger partial charge is 0.241 e. The molecule has 0 aliphatic rings. The third kappa shape index (κ3) is 5.40. The number of hydrogen-bond acceptors (Lipinski definition) is 4. The van der Waals surface area contributed by atoms with Crippen LogP contribution in [0.1, 0.15) is 25.8 Å². The maximum atomic E-state index is 13.4. The van der Waals surface area contributed by atoms with Crippen molar-refractivity contribution in [3.05, 3.63) is 78.5 Å². The van der Waals surface area contributed by atoms with Gasteiger partial charge in [0.05, 0.1) is 17.5 Å². The van der Waals surface area contributed by atoms with Gasteiger partial charge in [0.2, 0.25) is 15.9 Å². The Labute approximate surface area is 205 Å². The molecular formula is C27H31N3O4S. The van der Waals surface area contributed by atoms with Gasteiger partial charge >= 0.3 is 0 Å². The fraction of sp³-hybridized carbons (Fsp3) is 0.296. The van der Waals surface area contributed by atoms with E-state index in [-0.39, 0.29) is 17.4 Å². The molecule has 3 aromatic carbocycles. The van der Waals surface area contributed by atoms with Gasteiger partial charge in [-0.05, 0) is 35.4 Å². The first kappa shape index (κ1) is 24.9. The van der Waals surface area contributed by atoms with Gasteiger partial charge < -0.3 is 15.4 Å². The summed E-state index contributed by atoms with van der Waals surface area (Å²) < 4.78 is 29.4. The first-order chi connectivity index (χ1) is 16.8. The van der Waals surface area contributed by atoms with Crippen molar-refractivity contribution >= 4 is 37.6 Å². The minimum Gasteiger partial charge on any atom is -0.394 e. The van der Waals surface area contributed by atoms with E-state index in [2.05, 4.69) is 15.0 Å². The first-order valence-corrected chi connectivity index (χ1v) is 13.3. The monoisotopic (exact) mass is 493 g/mol. The fourth-order valence-corrected chi connectivity index (χ4v) is 5.88. The summed E-state index contributed by atoms with van der Waals surface area (Å²) in [5.74, 6) is -0.714. The Hall–Kier alpha value is -3.20. The summed E-state index contributed by atoms with van der Waals surface area (Å²) >= 11 is 0. The number of aromatic amines is 1. The van der Waals surface area contributed by atoms with Gasteiger partial charge in [-0.25, -0.2) is 8.42 Å². The van der Waals surface area contributed by atoms with Gasteiger partial charge in [0.25, 0.3) is 0 Å². The van der Waals surface area contributed by atoms with Crippen LogP contribution in [0, 0.1) is 5.92 Å². The highest BCUT2D eigenvalue weighted by Crippen LogP contribution is 2.24. The molecule has 3 atom stereocenters. The van der Waals surface area contributed by atoms with Crippen LogP contribution >= 0.6 is 0 Å². The van der Waals surface area contributed by atoms with Crippen LogP contribution in [0.5, 0.6) is 0 Å². The quantitative estimate of drug-likeness (QED) is 0.270. The van der Waals surface area contributed by atoms with E-state index < -0.39 is 28.0 Å². The van der Waals surface area contributed by atoms with Gasteiger partial charge in [0.1, 0.15) is 6.04 Å². The molecule has 0 aliphatic heterocycles. The van der Waals surface area contributed by atoms with E-state index in [9.17, 15) is 18.3 Å². The predicted octanol–water partition coefficient (Wildman–Crippen LogP) is 3.73. The summed E-state index contributed by atoms with van der Waals surface area (Å²) in [6.07, 6.45) is 2.88. The zero-order valence-corrected chi connectivity index (χ0v) is 20.7. The van der Waals surface area contributed by atoms with E-state index in [1.165, 1.54) is 0 Å². The van der Waals surface area contributed by atoms with Crippen LogP contribution in [0.3, 0.4) is 0 Å². The number of sulfonamides is 1. The lowest BCUT2D eigenvalue weighted by atomic mass is 9.98. The molecule has 8 heteroatoms. The summed E-state index contributed by atoms with van der Waals surface area (Å²) in [5.41, 5.74) is 1.95. The molecule has 4 rings (SSSR count). The average molecular weight is 494 g/mol. The highest BCUT2D eigenvalue weighted by molar-refractivity contribution is 7.89. The molecule has 0 aliphatic carbocycles. The molecule has 0 spiro atoms. The molecule has 0 saturated carbocycles. The number of amides is 1. The molecule has 0 bridgehead atoms. The normalized spacial score (nSPS) is 14.6. The number of aliphatic hydroxyl groups is 1. The van der Waals surface area contributed by atoms with Crippen molar-refractivity contribution in [3.8, 4) is 0 Å². The number of H-pyrrole nitrogens is 1. The Morgan fingerprint density at radius 3 is 2.43 bits per heavy atom. The lowest BCUT2D eigenvalue weighted by Gasteiger charge is -2.26. The van der Waals surface area contributed by atoms with Crippen LogP contribution in [0.25, 0.3) is 21.7 Å². The van der Waals surface area contributed by atoms with Gasteiger partial charge in [0, 0.05) is 22.5 Å². The number of aliphatic hydroxyl groups excluding tert-OH is 1. The van der Waals surface area contributed by atoms with E-state index in [0.29, 0.717) is 18.2 Å². The lowest BCUT2D eigenvalue weighted by Crippen LogP contribution is -2.53. The maximum Gasteiger partial charge on any atom is 0.241 e. The second-order valence-electron chi connectivity index (χ2n) is 8.91. The summed E-state index contributed by atoms with van der Waals surface area (Å²) in [4.78, 5) is 16.7. The van der Waals surface area contributed by atoms with Crippen LogP contribution in [0.15, 0.2) is 77.8 Å². The molecule has 0 radical (unpaired) electrons.